The molecule has 0 aromatic heterocycles. The summed E-state index contributed by atoms with van der Waals surface area (Å²) in [6.07, 6.45) is 1.46. The standard InChI is InChI=1S/C21H35NO3.C16H27NO2.C11H24O3Si/c1-8-16(2)20(22(6)15-17-12-10-9-11-13-17)18(24-7)14-19(23)25-21(3,4)5;1-6-13(2)15(16(18-4)19-5)17(3)12-14-10-8-7-9-11-14;1-10(2,3)13-9(12)14-15(7,8)11(4,5)6/h9-13,16,18,20H,8,14-15H2,1-7H3;7-11,13,15-16H,6,12H2,1-5H3;1-8H3/t16-,18+,20-;13-,15-;/m00./s1. The minimum Gasteiger partial charge on any atom is -0.489 e. The number of rotatable bonds is 18. The molecular formula is C48H86N2O8Si. The lowest BCUT2D eigenvalue weighted by molar-refractivity contribution is -0.159. The minimum atomic E-state index is -2.04. The highest BCUT2D eigenvalue weighted by Crippen LogP contribution is 2.37. The van der Waals surface area contributed by atoms with Gasteiger partial charge in [0.1, 0.15) is 11.2 Å². The monoisotopic (exact) mass is 847 g/mol. The maximum atomic E-state index is 12.3. The summed E-state index contributed by atoms with van der Waals surface area (Å²) < 4.78 is 32.8. The Bertz CT molecular complexity index is 1420. The maximum absolute atomic E-state index is 12.3. The van der Waals surface area contributed by atoms with Gasteiger partial charge in [0.2, 0.25) is 0 Å². The average Bonchev–Trinajstić information content (AvgIpc) is 3.12. The van der Waals surface area contributed by atoms with Crippen LogP contribution in [0.25, 0.3) is 0 Å². The Morgan fingerprint density at radius 2 is 1.02 bits per heavy atom. The third-order valence-electron chi connectivity index (χ3n) is 10.8. The topological polar surface area (TPSA) is 96.0 Å². The smallest absolute Gasteiger partial charge is 0.489 e. The van der Waals surface area contributed by atoms with Crippen LogP contribution in [0.5, 0.6) is 0 Å². The van der Waals surface area contributed by atoms with E-state index in [1.165, 1.54) is 11.1 Å². The molecule has 11 heteroatoms. The first-order valence-corrected chi connectivity index (χ1v) is 24.3. The van der Waals surface area contributed by atoms with Crippen LogP contribution in [0.1, 0.15) is 120 Å². The first-order chi connectivity index (χ1) is 27.2. The number of hydrogen-bond acceptors (Lipinski definition) is 10. The predicted octanol–water partition coefficient (Wildman–Crippen LogP) is 11.4. The minimum absolute atomic E-state index is 0.0178. The van der Waals surface area contributed by atoms with E-state index < -0.39 is 25.7 Å². The summed E-state index contributed by atoms with van der Waals surface area (Å²) in [4.78, 5) is 28.4. The average molecular weight is 847 g/mol. The van der Waals surface area contributed by atoms with Gasteiger partial charge < -0.3 is 28.1 Å². The molecule has 0 N–H and O–H groups in total. The van der Waals surface area contributed by atoms with E-state index in [0.29, 0.717) is 11.8 Å². The molecule has 2 aromatic rings. The number of hydrogen-bond donors (Lipinski definition) is 0. The van der Waals surface area contributed by atoms with Crippen molar-refractivity contribution in [2.24, 2.45) is 11.8 Å². The summed E-state index contributed by atoms with van der Waals surface area (Å²) in [5.41, 5.74) is 1.60. The molecule has 0 aliphatic heterocycles. The van der Waals surface area contributed by atoms with Crippen molar-refractivity contribution in [3.05, 3.63) is 71.8 Å². The van der Waals surface area contributed by atoms with Crippen LogP contribution < -0.4 is 0 Å². The van der Waals surface area contributed by atoms with E-state index in [2.05, 4.69) is 121 Å². The molecular weight excluding hydrogens is 761 g/mol. The number of methoxy groups -OCH3 is 3. The number of carbonyl (C=O) groups is 2. The molecule has 0 spiro atoms. The van der Waals surface area contributed by atoms with E-state index in [1.54, 1.807) is 21.3 Å². The summed E-state index contributed by atoms with van der Waals surface area (Å²) in [6, 6.07) is 21.3. The SMILES string of the molecule is CC(C)(C)OC(=O)O[Si](C)(C)C(C)(C)C.CC[C@H](C)[C@@H](C(OC)OC)N(C)Cc1ccccc1.CC[C@H](C)[C@@H]([C@@H](CC(=O)OC(C)(C)C)OC)N(C)Cc1ccccc1. The lowest BCUT2D eigenvalue weighted by Crippen LogP contribution is -2.47. The Balaban J connectivity index is 0.000000887. The molecule has 0 aliphatic rings. The van der Waals surface area contributed by atoms with Crippen molar-refractivity contribution in [2.75, 3.05) is 35.4 Å². The van der Waals surface area contributed by atoms with Gasteiger partial charge in [-0.3, -0.25) is 14.6 Å². The Morgan fingerprint density at radius 3 is 1.36 bits per heavy atom. The summed E-state index contributed by atoms with van der Waals surface area (Å²) in [5.74, 6) is 0.709. The molecule has 0 heterocycles. The van der Waals surface area contributed by atoms with Crippen molar-refractivity contribution < 1.29 is 37.7 Å². The van der Waals surface area contributed by atoms with Gasteiger partial charge in [-0.05, 0) is 96.7 Å². The van der Waals surface area contributed by atoms with Gasteiger partial charge in [0.25, 0.3) is 8.32 Å². The van der Waals surface area contributed by atoms with Crippen LogP contribution in [-0.4, -0.2) is 101 Å². The normalized spacial score (nSPS) is 14.9. The van der Waals surface area contributed by atoms with Gasteiger partial charge >= 0.3 is 12.1 Å². The molecule has 5 atom stereocenters. The number of carbonyl (C=O) groups excluding carboxylic acids is 2. The molecule has 59 heavy (non-hydrogen) atoms. The summed E-state index contributed by atoms with van der Waals surface area (Å²) in [6.45, 7) is 32.0. The maximum Gasteiger partial charge on any atom is 0.494 e. The molecule has 0 saturated heterocycles. The number of ether oxygens (including phenoxy) is 5. The Hall–Kier alpha value is -2.80. The highest BCUT2D eigenvalue weighted by Gasteiger charge is 2.41. The molecule has 0 amide bonds. The Morgan fingerprint density at radius 1 is 0.627 bits per heavy atom. The molecule has 2 rings (SSSR count). The van der Waals surface area contributed by atoms with Crippen molar-refractivity contribution in [3.63, 3.8) is 0 Å². The molecule has 0 aliphatic carbocycles. The van der Waals surface area contributed by atoms with Gasteiger partial charge in [-0.2, -0.15) is 0 Å². The number of esters is 1. The highest BCUT2D eigenvalue weighted by molar-refractivity contribution is 6.75. The second-order valence-corrected chi connectivity index (χ2v) is 24.0. The second kappa shape index (κ2) is 26.5. The fraction of sp³-hybridized carbons (Fsp3) is 0.708. The van der Waals surface area contributed by atoms with Crippen LogP contribution in [0.3, 0.4) is 0 Å². The lowest BCUT2D eigenvalue weighted by Gasteiger charge is -2.37. The van der Waals surface area contributed by atoms with Gasteiger partial charge in [0, 0.05) is 40.5 Å². The van der Waals surface area contributed by atoms with Crippen molar-refractivity contribution >= 4 is 20.4 Å². The molecule has 2 aromatic carbocycles. The van der Waals surface area contributed by atoms with Gasteiger partial charge in [0.15, 0.2) is 6.29 Å². The lowest BCUT2D eigenvalue weighted by atomic mass is 9.91. The molecule has 0 fully saturated rings. The predicted molar refractivity (Wildman–Crippen MR) is 246 cm³/mol. The van der Waals surface area contributed by atoms with Crippen LogP contribution >= 0.6 is 0 Å². The van der Waals surface area contributed by atoms with Crippen LogP contribution in [0.15, 0.2) is 60.7 Å². The van der Waals surface area contributed by atoms with Crippen molar-refractivity contribution in [2.45, 2.75) is 176 Å². The number of benzene rings is 2. The quantitative estimate of drug-likeness (QED) is 0.0820. The number of nitrogens with zero attached hydrogens (tertiary/aromatic N) is 2. The Kier molecular flexibility index (Phi) is 25.3. The van der Waals surface area contributed by atoms with E-state index in [9.17, 15) is 9.59 Å². The molecule has 0 radical (unpaired) electrons. The van der Waals surface area contributed by atoms with Crippen LogP contribution in [-0.2, 0) is 46.0 Å². The molecule has 0 bridgehead atoms. The van der Waals surface area contributed by atoms with Crippen LogP contribution in [0.4, 0.5) is 4.79 Å². The third-order valence-corrected chi connectivity index (χ3v) is 15.1. The number of likely N-dealkylation sites (N-methyl/N-ethyl adjacent to an activating group) is 2. The Labute approximate surface area is 362 Å². The summed E-state index contributed by atoms with van der Waals surface area (Å²) in [7, 11) is 7.29. The zero-order valence-corrected chi connectivity index (χ0v) is 41.9. The summed E-state index contributed by atoms with van der Waals surface area (Å²) in [5, 5.41) is 0.0178. The highest BCUT2D eigenvalue weighted by atomic mass is 28.4. The fourth-order valence-corrected chi connectivity index (χ4v) is 7.09. The van der Waals surface area contributed by atoms with Crippen molar-refractivity contribution in [3.8, 4) is 0 Å². The van der Waals surface area contributed by atoms with Gasteiger partial charge in [-0.15, -0.1) is 0 Å². The van der Waals surface area contributed by atoms with E-state index in [-0.39, 0.29) is 41.9 Å². The molecule has 0 saturated carbocycles. The first kappa shape index (κ1) is 56.2. The van der Waals surface area contributed by atoms with E-state index >= 15 is 0 Å². The first-order valence-electron chi connectivity index (χ1n) is 21.4. The van der Waals surface area contributed by atoms with E-state index in [1.807, 2.05) is 66.8 Å². The van der Waals surface area contributed by atoms with Crippen molar-refractivity contribution in [1.82, 2.24) is 9.80 Å². The van der Waals surface area contributed by atoms with Crippen LogP contribution in [0.2, 0.25) is 18.1 Å². The fourth-order valence-electron chi connectivity index (χ4n) is 6.33. The third kappa shape index (κ3) is 22.6. The molecule has 10 nitrogen and oxygen atoms in total. The van der Waals surface area contributed by atoms with Gasteiger partial charge in [-0.1, -0.05) is 122 Å². The molecule has 0 unspecified atom stereocenters. The zero-order valence-electron chi connectivity index (χ0n) is 40.9. The van der Waals surface area contributed by atoms with E-state index in [0.717, 1.165) is 25.9 Å². The second-order valence-electron chi connectivity index (χ2n) is 19.3. The van der Waals surface area contributed by atoms with Gasteiger partial charge in [-0.25, -0.2) is 4.79 Å². The summed E-state index contributed by atoms with van der Waals surface area (Å²) >= 11 is 0. The molecule has 340 valence electrons. The largest absolute Gasteiger partial charge is 0.494 e. The van der Waals surface area contributed by atoms with E-state index in [4.69, 9.17) is 28.1 Å². The van der Waals surface area contributed by atoms with Gasteiger partial charge in [0.05, 0.1) is 18.6 Å². The zero-order chi connectivity index (χ0) is 45.8. The van der Waals surface area contributed by atoms with Crippen molar-refractivity contribution in [1.29, 1.82) is 0 Å². The van der Waals surface area contributed by atoms with Crippen LogP contribution in [0, 0.1) is 11.8 Å².